The fourth-order valence-corrected chi connectivity index (χ4v) is 2.64. The van der Waals surface area contributed by atoms with Crippen molar-refractivity contribution in [2.24, 2.45) is 10.4 Å². The topological polar surface area (TPSA) is 129 Å². The van der Waals surface area contributed by atoms with Crippen LogP contribution in [0, 0.1) is 9.81 Å². The van der Waals surface area contributed by atoms with Crippen molar-refractivity contribution in [3.63, 3.8) is 0 Å². The Morgan fingerprint density at radius 2 is 1.83 bits per heavy atom. The van der Waals surface area contributed by atoms with Gasteiger partial charge in [-0.1, -0.05) is 11.2 Å². The Morgan fingerprint density at radius 3 is 2.48 bits per heavy atom. The van der Waals surface area contributed by atoms with Crippen molar-refractivity contribution in [1.82, 2.24) is 0 Å². The summed E-state index contributed by atoms with van der Waals surface area (Å²) in [5.41, 5.74) is 0.807. The second-order valence-corrected chi connectivity index (χ2v) is 5.20. The van der Waals surface area contributed by atoms with Crippen LogP contribution in [0.5, 0.6) is 23.0 Å². The van der Waals surface area contributed by atoms with Gasteiger partial charge in [-0.3, -0.25) is 0 Å². The van der Waals surface area contributed by atoms with Crippen LogP contribution in [0.2, 0.25) is 0 Å². The number of aromatic hydroxyl groups is 3. The molecule has 0 saturated heterocycles. The zero-order chi connectivity index (χ0) is 16.6. The Bertz CT molecular complexity index is 792. The van der Waals surface area contributed by atoms with Crippen molar-refractivity contribution in [2.45, 2.75) is 18.6 Å². The largest absolute Gasteiger partial charge is 0.508 e. The number of hydrogen-bond donors (Lipinski definition) is 3. The first-order chi connectivity index (χ1) is 11.0. The SMILES string of the molecule is O=Nc1cc(O)cc2c1CC(N=O)[C@H](c1ccc(O)c(O)c1)O2. The van der Waals surface area contributed by atoms with Crippen molar-refractivity contribution in [3.8, 4) is 23.0 Å². The average Bonchev–Trinajstić information content (AvgIpc) is 2.55. The molecule has 3 N–H and O–H groups in total. The van der Waals surface area contributed by atoms with Gasteiger partial charge in [0.15, 0.2) is 11.5 Å². The van der Waals surface area contributed by atoms with Crippen LogP contribution in [0.3, 0.4) is 0 Å². The first kappa shape index (κ1) is 14.8. The number of rotatable bonds is 3. The number of nitrogens with zero attached hydrogens (tertiary/aromatic N) is 2. The minimum absolute atomic E-state index is 0.0133. The Hall–Kier alpha value is -3.16. The zero-order valence-electron chi connectivity index (χ0n) is 11.7. The number of fused-ring (bicyclic) bond motifs is 1. The van der Waals surface area contributed by atoms with Gasteiger partial charge in [-0.25, -0.2) is 0 Å². The van der Waals surface area contributed by atoms with Gasteiger partial charge in [0.1, 0.15) is 29.3 Å². The van der Waals surface area contributed by atoms with E-state index in [4.69, 9.17) is 4.74 Å². The van der Waals surface area contributed by atoms with Crippen LogP contribution in [0.25, 0.3) is 0 Å². The summed E-state index contributed by atoms with van der Waals surface area (Å²) in [6.45, 7) is 0. The monoisotopic (exact) mass is 316 g/mol. The third-order valence-electron chi connectivity index (χ3n) is 3.75. The molecule has 8 heteroatoms. The van der Waals surface area contributed by atoms with E-state index in [-0.39, 0.29) is 35.1 Å². The number of phenols is 3. The maximum atomic E-state index is 11.2. The molecule has 1 unspecified atom stereocenters. The first-order valence-electron chi connectivity index (χ1n) is 6.73. The van der Waals surface area contributed by atoms with Crippen LogP contribution >= 0.6 is 0 Å². The van der Waals surface area contributed by atoms with E-state index in [1.165, 1.54) is 30.3 Å². The maximum Gasteiger partial charge on any atom is 0.157 e. The normalized spacial score (nSPS) is 19.5. The fraction of sp³-hybridized carbons (Fsp3) is 0.200. The van der Waals surface area contributed by atoms with Crippen molar-refractivity contribution in [2.75, 3.05) is 0 Å². The van der Waals surface area contributed by atoms with Crippen molar-refractivity contribution in [1.29, 1.82) is 0 Å². The molecule has 1 aliphatic heterocycles. The lowest BCUT2D eigenvalue weighted by Crippen LogP contribution is -2.28. The predicted octanol–water partition coefficient (Wildman–Crippen LogP) is 3.01. The number of hydrogen-bond acceptors (Lipinski definition) is 8. The summed E-state index contributed by atoms with van der Waals surface area (Å²) in [6.07, 6.45) is -0.722. The third-order valence-corrected chi connectivity index (χ3v) is 3.75. The minimum Gasteiger partial charge on any atom is -0.508 e. The summed E-state index contributed by atoms with van der Waals surface area (Å²) < 4.78 is 5.69. The molecule has 1 heterocycles. The Balaban J connectivity index is 2.06. The van der Waals surface area contributed by atoms with Gasteiger partial charge < -0.3 is 20.1 Å². The molecule has 8 nitrogen and oxygen atoms in total. The van der Waals surface area contributed by atoms with Crippen LogP contribution < -0.4 is 4.74 Å². The van der Waals surface area contributed by atoms with Gasteiger partial charge in [-0.15, -0.1) is 4.91 Å². The summed E-state index contributed by atoms with van der Waals surface area (Å²) in [5.74, 6) is -0.626. The van der Waals surface area contributed by atoms with Gasteiger partial charge in [0, 0.05) is 24.1 Å². The predicted molar refractivity (Wildman–Crippen MR) is 80.0 cm³/mol. The van der Waals surface area contributed by atoms with E-state index in [0.717, 1.165) is 0 Å². The molecule has 0 aliphatic carbocycles. The summed E-state index contributed by atoms with van der Waals surface area (Å²) in [4.78, 5) is 22.0. The molecule has 0 aromatic heterocycles. The molecule has 1 aliphatic rings. The minimum atomic E-state index is -0.850. The Morgan fingerprint density at radius 1 is 1.04 bits per heavy atom. The molecule has 0 radical (unpaired) electrons. The van der Waals surface area contributed by atoms with E-state index in [1.807, 2.05) is 0 Å². The van der Waals surface area contributed by atoms with Gasteiger partial charge in [0.25, 0.3) is 0 Å². The molecule has 23 heavy (non-hydrogen) atoms. The van der Waals surface area contributed by atoms with Gasteiger partial charge in [-0.2, -0.15) is 4.91 Å². The molecule has 3 rings (SSSR count). The molecular weight excluding hydrogens is 304 g/mol. The highest BCUT2D eigenvalue weighted by atomic mass is 16.5. The molecule has 118 valence electrons. The molecule has 0 spiro atoms. The summed E-state index contributed by atoms with van der Waals surface area (Å²) in [6, 6.07) is 5.68. The van der Waals surface area contributed by atoms with Crippen LogP contribution in [0.1, 0.15) is 17.2 Å². The van der Waals surface area contributed by atoms with Gasteiger partial charge in [0.2, 0.25) is 0 Å². The molecule has 0 amide bonds. The fourth-order valence-electron chi connectivity index (χ4n) is 2.64. The van der Waals surface area contributed by atoms with Gasteiger partial charge in [-0.05, 0) is 22.9 Å². The number of benzene rings is 2. The molecule has 0 fully saturated rings. The maximum absolute atomic E-state index is 11.2. The summed E-state index contributed by atoms with van der Waals surface area (Å²) in [7, 11) is 0. The molecular formula is C15H12N2O6. The Kier molecular flexibility index (Phi) is 3.57. The molecule has 2 atom stereocenters. The van der Waals surface area contributed by atoms with E-state index in [1.54, 1.807) is 0 Å². The van der Waals surface area contributed by atoms with Crippen LogP contribution in [0.4, 0.5) is 5.69 Å². The van der Waals surface area contributed by atoms with E-state index in [2.05, 4.69) is 10.4 Å². The van der Waals surface area contributed by atoms with Crippen molar-refractivity contribution >= 4 is 5.69 Å². The number of ether oxygens (including phenoxy) is 1. The summed E-state index contributed by atoms with van der Waals surface area (Å²) >= 11 is 0. The van der Waals surface area contributed by atoms with Crippen LogP contribution in [-0.4, -0.2) is 21.4 Å². The van der Waals surface area contributed by atoms with E-state index < -0.39 is 12.1 Å². The van der Waals surface area contributed by atoms with Gasteiger partial charge >= 0.3 is 0 Å². The number of nitroso groups, excluding NO2 is 2. The van der Waals surface area contributed by atoms with Crippen molar-refractivity contribution in [3.05, 3.63) is 51.3 Å². The van der Waals surface area contributed by atoms with E-state index >= 15 is 0 Å². The van der Waals surface area contributed by atoms with E-state index in [9.17, 15) is 25.1 Å². The third kappa shape index (κ3) is 2.54. The van der Waals surface area contributed by atoms with Crippen molar-refractivity contribution < 1.29 is 20.1 Å². The van der Waals surface area contributed by atoms with Crippen LogP contribution in [-0.2, 0) is 6.42 Å². The highest BCUT2D eigenvalue weighted by Crippen LogP contribution is 2.44. The van der Waals surface area contributed by atoms with Gasteiger partial charge in [0.05, 0.1) is 0 Å². The standard InChI is InChI=1S/C15H12N2O6/c18-8-4-10(16-21)9-6-11(17-22)15(23-14(9)5-8)7-1-2-12(19)13(20)3-7/h1-5,11,15,18-20H,6H2/t11?,15-/m0/s1. The highest BCUT2D eigenvalue weighted by molar-refractivity contribution is 5.59. The zero-order valence-corrected chi connectivity index (χ0v) is 11.7. The molecule has 2 aromatic rings. The molecule has 2 aromatic carbocycles. The lowest BCUT2D eigenvalue weighted by molar-refractivity contribution is 0.153. The smallest absolute Gasteiger partial charge is 0.157 e. The molecule has 0 saturated carbocycles. The highest BCUT2D eigenvalue weighted by Gasteiger charge is 2.35. The summed E-state index contributed by atoms with van der Waals surface area (Å²) in [5, 5.41) is 34.5. The second kappa shape index (κ2) is 5.56. The quantitative estimate of drug-likeness (QED) is 0.589. The lowest BCUT2D eigenvalue weighted by atomic mass is 9.92. The molecule has 0 bridgehead atoms. The van der Waals surface area contributed by atoms with Crippen LogP contribution in [0.15, 0.2) is 40.7 Å². The second-order valence-electron chi connectivity index (χ2n) is 5.20. The number of phenolic OH excluding ortho intramolecular Hbond substituents is 3. The lowest BCUT2D eigenvalue weighted by Gasteiger charge is -2.30. The Labute approximate surface area is 129 Å². The first-order valence-corrected chi connectivity index (χ1v) is 6.73. The average molecular weight is 316 g/mol. The van der Waals surface area contributed by atoms with E-state index in [0.29, 0.717) is 11.1 Å².